The van der Waals surface area contributed by atoms with Crippen molar-refractivity contribution in [3.05, 3.63) is 340 Å². The standard InChI is InChI=1S/C86H56BN7/c1-7-25-57(26-8-1)63-47-49-78-69(51-63)68-37-19-22-40-77(68)94(78)79-50-48-64(86-89-73(59-27-9-2-10-28-59)55-74(90-86)60-29-11-3-12-30-60)52-70(79)76-56-75(61-31-13-4-14-32-61)88-85(91-76)62-45-43-58(44-46-62)65-53-82-84-83(54-65)93(67-35-17-6-18-36-67)81-42-24-21-39-72(81)87(84)71-38-20-23-41-80(71)92(82)66-33-15-5-16-34-66/h1-56H. The molecule has 0 amide bonds. The predicted molar refractivity (Wildman–Crippen MR) is 389 cm³/mol. The van der Waals surface area contributed by atoms with Crippen LogP contribution in [0.5, 0.6) is 0 Å². The molecule has 8 heteroatoms. The minimum atomic E-state index is 0.0133. The highest BCUT2D eigenvalue weighted by atomic mass is 15.2. The van der Waals surface area contributed by atoms with E-state index in [0.717, 1.165) is 123 Å². The average Bonchev–Trinajstić information content (AvgIpc) is 0.836. The van der Waals surface area contributed by atoms with Crippen molar-refractivity contribution in [3.8, 4) is 95.7 Å². The topological polar surface area (TPSA) is 63.0 Å². The molecule has 438 valence electrons. The van der Waals surface area contributed by atoms with Gasteiger partial charge >= 0.3 is 0 Å². The van der Waals surface area contributed by atoms with Crippen LogP contribution in [-0.2, 0) is 0 Å². The number of hydrogen-bond donors (Lipinski definition) is 0. The van der Waals surface area contributed by atoms with Crippen LogP contribution in [0, 0.1) is 0 Å². The number of hydrogen-bond acceptors (Lipinski definition) is 6. The van der Waals surface area contributed by atoms with Crippen LogP contribution >= 0.6 is 0 Å². The van der Waals surface area contributed by atoms with Gasteiger partial charge in [-0.15, -0.1) is 0 Å². The molecule has 0 atom stereocenters. The third-order valence-corrected chi connectivity index (χ3v) is 18.6. The van der Waals surface area contributed by atoms with E-state index in [1.807, 2.05) is 12.1 Å². The summed E-state index contributed by atoms with van der Waals surface area (Å²) < 4.78 is 2.40. The summed E-state index contributed by atoms with van der Waals surface area (Å²) in [5.41, 5.74) is 27.2. The summed E-state index contributed by atoms with van der Waals surface area (Å²) in [7, 11) is 0. The summed E-state index contributed by atoms with van der Waals surface area (Å²) in [6.07, 6.45) is 0. The Morgan fingerprint density at radius 3 is 1.19 bits per heavy atom. The molecule has 5 heterocycles. The normalized spacial score (nSPS) is 12.2. The zero-order valence-corrected chi connectivity index (χ0v) is 51.0. The van der Waals surface area contributed by atoms with E-state index in [4.69, 9.17) is 19.9 Å². The Morgan fingerprint density at radius 2 is 0.638 bits per heavy atom. The molecule has 0 aliphatic carbocycles. The first-order chi connectivity index (χ1) is 46.6. The molecule has 3 aromatic heterocycles. The molecule has 0 fully saturated rings. The Morgan fingerprint density at radius 1 is 0.234 bits per heavy atom. The molecule has 0 saturated carbocycles. The minimum Gasteiger partial charge on any atom is -0.311 e. The van der Waals surface area contributed by atoms with Crippen LogP contribution in [0.2, 0.25) is 0 Å². The lowest BCUT2D eigenvalue weighted by Crippen LogP contribution is -2.61. The monoisotopic (exact) mass is 1200 g/mol. The molecule has 16 aromatic rings. The fraction of sp³-hybridized carbons (Fsp3) is 0. The van der Waals surface area contributed by atoms with Gasteiger partial charge in [-0.2, -0.15) is 0 Å². The van der Waals surface area contributed by atoms with Crippen LogP contribution in [0.4, 0.5) is 34.1 Å². The molecule has 7 nitrogen and oxygen atoms in total. The van der Waals surface area contributed by atoms with Gasteiger partial charge in [-0.05, 0) is 136 Å². The van der Waals surface area contributed by atoms with Gasteiger partial charge in [-0.1, -0.05) is 243 Å². The molecular formula is C86H56BN7. The van der Waals surface area contributed by atoms with Crippen molar-refractivity contribution in [2.45, 2.75) is 0 Å². The summed E-state index contributed by atoms with van der Waals surface area (Å²) in [6.45, 7) is 0.0133. The first-order valence-electron chi connectivity index (χ1n) is 32.0. The summed E-state index contributed by atoms with van der Waals surface area (Å²) in [5.74, 6) is 1.21. The molecule has 13 aromatic carbocycles. The average molecular weight is 1200 g/mol. The van der Waals surface area contributed by atoms with Crippen molar-refractivity contribution < 1.29 is 0 Å². The number of aromatic nitrogens is 5. The molecule has 0 unspecified atom stereocenters. The van der Waals surface area contributed by atoms with Gasteiger partial charge in [-0.25, -0.2) is 19.9 Å². The first-order valence-corrected chi connectivity index (χ1v) is 32.0. The Labute approximate surface area is 545 Å². The number of nitrogens with zero attached hydrogens (tertiary/aromatic N) is 7. The summed E-state index contributed by atoms with van der Waals surface area (Å²) in [5, 5.41) is 2.31. The molecule has 0 N–H and O–H groups in total. The number of fused-ring (bicyclic) bond motifs is 7. The zero-order valence-electron chi connectivity index (χ0n) is 51.0. The van der Waals surface area contributed by atoms with Gasteiger partial charge in [0.25, 0.3) is 6.71 Å². The molecule has 2 aliphatic heterocycles. The molecule has 0 spiro atoms. The highest BCUT2D eigenvalue weighted by molar-refractivity contribution is 7.00. The van der Waals surface area contributed by atoms with E-state index in [1.165, 1.54) is 33.3 Å². The second kappa shape index (κ2) is 22.8. The van der Waals surface area contributed by atoms with E-state index < -0.39 is 0 Å². The molecule has 2 aliphatic rings. The fourth-order valence-corrected chi connectivity index (χ4v) is 14.3. The Bertz CT molecular complexity index is 5380. The van der Waals surface area contributed by atoms with Crippen LogP contribution in [0.15, 0.2) is 340 Å². The van der Waals surface area contributed by atoms with E-state index in [0.29, 0.717) is 11.6 Å². The number of benzene rings is 13. The predicted octanol–water partition coefficient (Wildman–Crippen LogP) is 19.8. The summed E-state index contributed by atoms with van der Waals surface area (Å²) in [4.78, 5) is 26.9. The van der Waals surface area contributed by atoms with Crippen molar-refractivity contribution in [2.75, 3.05) is 9.80 Å². The van der Waals surface area contributed by atoms with E-state index in [9.17, 15) is 0 Å². The van der Waals surface area contributed by atoms with Crippen molar-refractivity contribution in [1.29, 1.82) is 0 Å². The second-order valence-electron chi connectivity index (χ2n) is 24.1. The number of rotatable bonds is 11. The SMILES string of the molecule is c1ccc(-c2ccc3c(c2)c2ccccc2n3-c2ccc(-c3nc(-c4ccccc4)cc(-c4ccccc4)n3)cc2-c2cc(-c3ccccc3)nc(-c3ccc(-c4cc5c6c(c4)N(c4ccccc4)c4ccccc4B6c4ccccc4N5c4ccccc4)cc3)n2)cc1. The number of para-hydroxylation sites is 5. The quantitative estimate of drug-likeness (QED) is 0.120. The van der Waals surface area contributed by atoms with Gasteiger partial charge in [0.1, 0.15) is 0 Å². The number of anilines is 6. The van der Waals surface area contributed by atoms with Crippen LogP contribution in [0.25, 0.3) is 118 Å². The van der Waals surface area contributed by atoms with Crippen molar-refractivity contribution in [1.82, 2.24) is 24.5 Å². The lowest BCUT2D eigenvalue weighted by Gasteiger charge is -2.44. The largest absolute Gasteiger partial charge is 0.311 e. The van der Waals surface area contributed by atoms with Gasteiger partial charge in [-0.3, -0.25) is 0 Å². The van der Waals surface area contributed by atoms with Crippen molar-refractivity contribution >= 4 is 79.0 Å². The smallest absolute Gasteiger partial charge is 0.252 e. The van der Waals surface area contributed by atoms with Gasteiger partial charge in [0.15, 0.2) is 11.6 Å². The zero-order chi connectivity index (χ0) is 62.1. The molecule has 94 heavy (non-hydrogen) atoms. The maximum atomic E-state index is 5.70. The molecule has 0 saturated heterocycles. The van der Waals surface area contributed by atoms with E-state index in [-0.39, 0.29) is 6.71 Å². The molecular weight excluding hydrogens is 1140 g/mol. The fourth-order valence-electron chi connectivity index (χ4n) is 14.3. The molecule has 0 bridgehead atoms. The Kier molecular flexibility index (Phi) is 13.2. The maximum Gasteiger partial charge on any atom is 0.252 e. The van der Waals surface area contributed by atoms with Gasteiger partial charge < -0.3 is 14.4 Å². The third kappa shape index (κ3) is 9.38. The third-order valence-electron chi connectivity index (χ3n) is 18.6. The summed E-state index contributed by atoms with van der Waals surface area (Å²) >= 11 is 0. The Hall–Kier alpha value is -12.5. The highest BCUT2D eigenvalue weighted by Gasteiger charge is 2.43. The lowest BCUT2D eigenvalue weighted by molar-refractivity contribution is 1.14. The highest BCUT2D eigenvalue weighted by Crippen LogP contribution is 2.47. The van der Waals surface area contributed by atoms with Crippen molar-refractivity contribution in [3.63, 3.8) is 0 Å². The molecule has 0 radical (unpaired) electrons. The van der Waals surface area contributed by atoms with Gasteiger partial charge in [0.2, 0.25) is 0 Å². The van der Waals surface area contributed by atoms with Crippen LogP contribution in [-0.4, -0.2) is 31.2 Å². The van der Waals surface area contributed by atoms with Gasteiger partial charge in [0.05, 0.1) is 39.5 Å². The van der Waals surface area contributed by atoms with Crippen LogP contribution < -0.4 is 26.2 Å². The first kappa shape index (κ1) is 54.4. The Balaban J connectivity index is 0.836. The molecule has 18 rings (SSSR count). The second-order valence-corrected chi connectivity index (χ2v) is 24.1. The minimum absolute atomic E-state index is 0.0133. The van der Waals surface area contributed by atoms with Crippen LogP contribution in [0.1, 0.15) is 0 Å². The van der Waals surface area contributed by atoms with E-state index in [1.54, 1.807) is 0 Å². The van der Waals surface area contributed by atoms with Crippen molar-refractivity contribution in [2.24, 2.45) is 0 Å². The lowest BCUT2D eigenvalue weighted by atomic mass is 9.33. The van der Waals surface area contributed by atoms with Crippen LogP contribution in [0.3, 0.4) is 0 Å². The maximum absolute atomic E-state index is 5.70. The van der Waals surface area contributed by atoms with E-state index in [2.05, 4.69) is 342 Å². The van der Waals surface area contributed by atoms with E-state index >= 15 is 0 Å². The van der Waals surface area contributed by atoms with Gasteiger partial charge in [0, 0.05) is 78.3 Å². The summed E-state index contributed by atoms with van der Waals surface area (Å²) in [6, 6.07) is 121.